The van der Waals surface area contributed by atoms with Crippen LogP contribution in [0.2, 0.25) is 0 Å². The van der Waals surface area contributed by atoms with Crippen molar-refractivity contribution in [1.82, 2.24) is 9.88 Å². The third kappa shape index (κ3) is 3.04. The number of nitrogens with zero attached hydrogens (tertiary/aromatic N) is 2. The van der Waals surface area contributed by atoms with Gasteiger partial charge in [0, 0.05) is 17.9 Å². The minimum Gasteiger partial charge on any atom is -0.391 e. The fourth-order valence-electron chi connectivity index (χ4n) is 3.80. The van der Waals surface area contributed by atoms with E-state index in [0.29, 0.717) is 12.0 Å². The predicted molar refractivity (Wildman–Crippen MR) is 80.8 cm³/mol. The summed E-state index contributed by atoms with van der Waals surface area (Å²) in [5, 5.41) is 10.2. The lowest BCUT2D eigenvalue weighted by Gasteiger charge is -2.41. The Kier molecular flexibility index (Phi) is 4.37. The molecule has 1 saturated heterocycles. The Balaban J connectivity index is 1.57. The van der Waals surface area contributed by atoms with Crippen LogP contribution in [-0.2, 0) is 0 Å². The molecular weight excluding hydrogens is 248 g/mol. The van der Waals surface area contributed by atoms with Gasteiger partial charge < -0.3 is 5.11 Å². The summed E-state index contributed by atoms with van der Waals surface area (Å²) in [6.45, 7) is 4.29. The van der Waals surface area contributed by atoms with Gasteiger partial charge in [-0.15, -0.1) is 0 Å². The van der Waals surface area contributed by atoms with Crippen LogP contribution in [0.4, 0.5) is 0 Å². The first kappa shape index (κ1) is 14.0. The Hall–Kier alpha value is -0.930. The molecule has 110 valence electrons. The van der Waals surface area contributed by atoms with Gasteiger partial charge in [0.1, 0.15) is 0 Å². The number of aromatic nitrogens is 1. The highest BCUT2D eigenvalue weighted by atomic mass is 16.3. The van der Waals surface area contributed by atoms with Crippen LogP contribution in [-0.4, -0.2) is 40.2 Å². The smallest absolute Gasteiger partial charge is 0.0695 e. The normalized spacial score (nSPS) is 29.5. The number of hydrogen-bond acceptors (Lipinski definition) is 3. The Morgan fingerprint density at radius 1 is 1.10 bits per heavy atom. The molecule has 0 spiro atoms. The van der Waals surface area contributed by atoms with E-state index in [4.69, 9.17) is 0 Å². The zero-order valence-corrected chi connectivity index (χ0v) is 12.5. The zero-order chi connectivity index (χ0) is 13.9. The summed E-state index contributed by atoms with van der Waals surface area (Å²) in [4.78, 5) is 6.95. The van der Waals surface area contributed by atoms with E-state index < -0.39 is 0 Å². The molecule has 0 radical (unpaired) electrons. The summed E-state index contributed by atoms with van der Waals surface area (Å²) >= 11 is 0. The molecule has 1 N–H and O–H groups in total. The van der Waals surface area contributed by atoms with E-state index >= 15 is 0 Å². The minimum atomic E-state index is -0.0960. The standard InChI is InChI=1S/C17H26N2O/c1-13-6-7-15(12-18-13)14-8-10-19(11-9-14)16-4-2-3-5-17(16)20/h6-7,12,14,16-17,20H,2-5,8-11H2,1H3/t16-,17-/m1/s1. The van der Waals surface area contributed by atoms with Crippen LogP contribution in [0.3, 0.4) is 0 Å². The maximum Gasteiger partial charge on any atom is 0.0695 e. The summed E-state index contributed by atoms with van der Waals surface area (Å²) in [5.41, 5.74) is 2.48. The third-order valence-electron chi connectivity index (χ3n) is 5.10. The molecule has 0 unspecified atom stereocenters. The molecule has 3 rings (SSSR count). The lowest BCUT2D eigenvalue weighted by Crippen LogP contribution is -2.48. The molecule has 2 atom stereocenters. The maximum atomic E-state index is 10.2. The fourth-order valence-corrected chi connectivity index (χ4v) is 3.80. The molecule has 20 heavy (non-hydrogen) atoms. The first-order chi connectivity index (χ1) is 9.74. The van der Waals surface area contributed by atoms with Crippen LogP contribution in [0.15, 0.2) is 18.3 Å². The summed E-state index contributed by atoms with van der Waals surface area (Å²) in [6.07, 6.45) is 9.01. The van der Waals surface area contributed by atoms with Crippen molar-refractivity contribution in [2.75, 3.05) is 13.1 Å². The molecule has 2 aliphatic rings. The maximum absolute atomic E-state index is 10.2. The Labute approximate surface area is 122 Å². The first-order valence-electron chi connectivity index (χ1n) is 8.09. The molecule has 1 saturated carbocycles. The molecule has 0 amide bonds. The number of aliphatic hydroxyl groups excluding tert-OH is 1. The highest BCUT2D eigenvalue weighted by Gasteiger charge is 2.31. The van der Waals surface area contributed by atoms with E-state index in [1.54, 1.807) is 0 Å². The van der Waals surface area contributed by atoms with E-state index in [0.717, 1.165) is 25.2 Å². The second-order valence-electron chi connectivity index (χ2n) is 6.46. The second-order valence-corrected chi connectivity index (χ2v) is 6.46. The lowest BCUT2D eigenvalue weighted by atomic mass is 9.86. The van der Waals surface area contributed by atoms with Gasteiger partial charge in [0.15, 0.2) is 0 Å². The average molecular weight is 274 g/mol. The monoisotopic (exact) mass is 274 g/mol. The van der Waals surface area contributed by atoms with E-state index in [9.17, 15) is 5.11 Å². The van der Waals surface area contributed by atoms with E-state index in [1.807, 2.05) is 13.1 Å². The average Bonchev–Trinajstić information content (AvgIpc) is 2.49. The number of aliphatic hydroxyl groups is 1. The van der Waals surface area contributed by atoms with Crippen LogP contribution in [0.1, 0.15) is 55.7 Å². The Bertz CT molecular complexity index is 423. The molecule has 2 fully saturated rings. The highest BCUT2D eigenvalue weighted by molar-refractivity contribution is 5.18. The molecule has 3 nitrogen and oxygen atoms in total. The van der Waals surface area contributed by atoms with Crippen molar-refractivity contribution in [2.45, 2.75) is 63.5 Å². The van der Waals surface area contributed by atoms with Gasteiger partial charge in [-0.1, -0.05) is 18.9 Å². The van der Waals surface area contributed by atoms with Crippen LogP contribution >= 0.6 is 0 Å². The molecule has 0 bridgehead atoms. The molecular formula is C17H26N2O. The van der Waals surface area contributed by atoms with Gasteiger partial charge in [0.05, 0.1) is 6.10 Å². The van der Waals surface area contributed by atoms with Gasteiger partial charge in [-0.25, -0.2) is 0 Å². The number of hydrogen-bond donors (Lipinski definition) is 1. The van der Waals surface area contributed by atoms with Crippen LogP contribution in [0, 0.1) is 6.92 Å². The largest absolute Gasteiger partial charge is 0.391 e. The summed E-state index contributed by atoms with van der Waals surface area (Å²) < 4.78 is 0. The number of aryl methyl sites for hydroxylation is 1. The topological polar surface area (TPSA) is 36.4 Å². The number of piperidine rings is 1. The first-order valence-corrected chi connectivity index (χ1v) is 8.09. The molecule has 1 aliphatic heterocycles. The van der Waals surface area contributed by atoms with Crippen molar-refractivity contribution in [1.29, 1.82) is 0 Å². The van der Waals surface area contributed by atoms with Crippen LogP contribution in [0.5, 0.6) is 0 Å². The molecule has 2 heterocycles. The quantitative estimate of drug-likeness (QED) is 0.901. The van der Waals surface area contributed by atoms with Crippen molar-refractivity contribution in [3.05, 3.63) is 29.6 Å². The highest BCUT2D eigenvalue weighted by Crippen LogP contribution is 2.31. The number of rotatable bonds is 2. The van der Waals surface area contributed by atoms with Crippen molar-refractivity contribution >= 4 is 0 Å². The van der Waals surface area contributed by atoms with Crippen molar-refractivity contribution in [3.63, 3.8) is 0 Å². The van der Waals surface area contributed by atoms with Crippen LogP contribution in [0.25, 0.3) is 0 Å². The molecule has 3 heteroatoms. The van der Waals surface area contributed by atoms with Gasteiger partial charge in [-0.05, 0) is 63.2 Å². The molecule has 1 aliphatic carbocycles. The number of pyridine rings is 1. The van der Waals surface area contributed by atoms with E-state index in [-0.39, 0.29) is 6.10 Å². The lowest BCUT2D eigenvalue weighted by molar-refractivity contribution is 0.00869. The summed E-state index contributed by atoms with van der Waals surface area (Å²) in [6, 6.07) is 4.77. The van der Waals surface area contributed by atoms with Gasteiger partial charge in [-0.3, -0.25) is 9.88 Å². The van der Waals surface area contributed by atoms with E-state index in [1.165, 1.54) is 37.7 Å². The summed E-state index contributed by atoms with van der Waals surface area (Å²) in [7, 11) is 0. The van der Waals surface area contributed by atoms with Gasteiger partial charge in [0.2, 0.25) is 0 Å². The molecule has 1 aromatic rings. The SMILES string of the molecule is Cc1ccc(C2CCN([C@@H]3CCCC[C@H]3O)CC2)cn1. The van der Waals surface area contributed by atoms with E-state index in [2.05, 4.69) is 22.0 Å². The second kappa shape index (κ2) is 6.23. The number of likely N-dealkylation sites (tertiary alicyclic amines) is 1. The van der Waals surface area contributed by atoms with Gasteiger partial charge >= 0.3 is 0 Å². The van der Waals surface area contributed by atoms with Crippen LogP contribution < -0.4 is 0 Å². The minimum absolute atomic E-state index is 0.0960. The molecule has 1 aromatic heterocycles. The van der Waals surface area contributed by atoms with Gasteiger partial charge in [-0.2, -0.15) is 0 Å². The Morgan fingerprint density at radius 3 is 2.50 bits per heavy atom. The molecule has 0 aromatic carbocycles. The van der Waals surface area contributed by atoms with Crippen molar-refractivity contribution in [2.24, 2.45) is 0 Å². The van der Waals surface area contributed by atoms with Crippen molar-refractivity contribution < 1.29 is 5.11 Å². The Morgan fingerprint density at radius 2 is 1.85 bits per heavy atom. The zero-order valence-electron chi connectivity index (χ0n) is 12.5. The van der Waals surface area contributed by atoms with Gasteiger partial charge in [0.25, 0.3) is 0 Å². The fraction of sp³-hybridized carbons (Fsp3) is 0.706. The third-order valence-corrected chi connectivity index (χ3v) is 5.10. The van der Waals surface area contributed by atoms with Crippen molar-refractivity contribution in [3.8, 4) is 0 Å². The predicted octanol–water partition coefficient (Wildman–Crippen LogP) is 2.87. The summed E-state index contributed by atoms with van der Waals surface area (Å²) in [5.74, 6) is 0.653.